The predicted octanol–water partition coefficient (Wildman–Crippen LogP) is 5.60. The van der Waals surface area contributed by atoms with E-state index in [4.69, 9.17) is 9.15 Å². The van der Waals surface area contributed by atoms with E-state index in [0.717, 1.165) is 5.56 Å². The van der Waals surface area contributed by atoms with E-state index in [-0.39, 0.29) is 24.0 Å². The molecule has 0 aliphatic carbocycles. The van der Waals surface area contributed by atoms with Gasteiger partial charge in [-0.25, -0.2) is 4.98 Å². The highest BCUT2D eigenvalue weighted by atomic mass is 19.4. The number of hydrogen-bond acceptors (Lipinski definition) is 6. The topological polar surface area (TPSA) is 77.1 Å². The minimum atomic E-state index is -4.74. The molecule has 1 N–H and O–H groups in total. The molecule has 0 unspecified atom stereocenters. The molecule has 0 fully saturated rings. The highest BCUT2D eigenvalue weighted by molar-refractivity contribution is 5.78. The van der Waals surface area contributed by atoms with Crippen LogP contribution >= 0.6 is 0 Å². The second kappa shape index (κ2) is 8.68. The van der Waals surface area contributed by atoms with Gasteiger partial charge in [0.1, 0.15) is 17.2 Å². The summed E-state index contributed by atoms with van der Waals surface area (Å²) < 4.78 is 51.4. The molecule has 6 nitrogen and oxygen atoms in total. The highest BCUT2D eigenvalue weighted by Gasteiger charge is 2.31. The van der Waals surface area contributed by atoms with Crippen molar-refractivity contribution in [3.63, 3.8) is 0 Å². The van der Waals surface area contributed by atoms with Crippen molar-refractivity contribution in [2.75, 3.05) is 0 Å². The zero-order chi connectivity index (χ0) is 20.9. The Morgan fingerprint density at radius 1 is 1.14 bits per heavy atom. The molecule has 0 aliphatic heterocycles. The highest BCUT2D eigenvalue weighted by Crippen LogP contribution is 2.27. The lowest BCUT2D eigenvalue weighted by molar-refractivity contribution is -0.274. The predicted molar refractivity (Wildman–Crippen MR) is 97.9 cm³/mol. The number of rotatable bonds is 6. The quantitative estimate of drug-likeness (QED) is 0.250. The van der Waals surface area contributed by atoms with Crippen LogP contribution in [0.25, 0.3) is 11.5 Å². The van der Waals surface area contributed by atoms with Gasteiger partial charge >= 0.3 is 6.36 Å². The molecule has 0 spiro atoms. The molecule has 0 aliphatic rings. The number of pyridine rings is 1. The molecule has 2 heterocycles. The Morgan fingerprint density at radius 2 is 1.86 bits per heavy atom. The summed E-state index contributed by atoms with van der Waals surface area (Å²) in [6.45, 7) is 1.83. The second-order valence-electron chi connectivity index (χ2n) is 6.17. The van der Waals surface area contributed by atoms with Crippen molar-refractivity contribution in [1.82, 2.24) is 4.98 Å². The number of benzene rings is 1. The van der Waals surface area contributed by atoms with Crippen LogP contribution in [0, 0.1) is 0 Å². The fraction of sp³-hybridized carbons (Fsp3) is 0.200. The van der Waals surface area contributed by atoms with E-state index in [0.29, 0.717) is 17.2 Å². The average molecular weight is 406 g/mol. The number of furan rings is 1. The minimum absolute atomic E-state index is 0.0423. The molecule has 0 saturated carbocycles. The summed E-state index contributed by atoms with van der Waals surface area (Å²) in [5, 5.41) is 12.4. The summed E-state index contributed by atoms with van der Waals surface area (Å²) in [6.07, 6.45) is -1.51. The van der Waals surface area contributed by atoms with Crippen LogP contribution in [0.2, 0.25) is 0 Å². The van der Waals surface area contributed by atoms with Gasteiger partial charge in [-0.1, -0.05) is 24.2 Å². The molecule has 9 heteroatoms. The number of nitrogens with zero attached hydrogens (tertiary/aromatic N) is 2. The molecular weight excluding hydrogens is 389 g/mol. The van der Waals surface area contributed by atoms with Crippen molar-refractivity contribution in [3.05, 3.63) is 66.6 Å². The van der Waals surface area contributed by atoms with E-state index in [1.807, 2.05) is 6.92 Å². The Morgan fingerprint density at radius 3 is 2.41 bits per heavy atom. The Labute approximate surface area is 164 Å². The smallest absolute Gasteiger partial charge is 0.463 e. The Bertz CT molecular complexity index is 937. The zero-order valence-corrected chi connectivity index (χ0v) is 15.3. The molecule has 0 radical (unpaired) electrons. The summed E-state index contributed by atoms with van der Waals surface area (Å²) in [5.74, 6) is 0.536. The zero-order valence-electron chi connectivity index (χ0n) is 15.3. The third kappa shape index (κ3) is 5.74. The minimum Gasteiger partial charge on any atom is -0.463 e. The van der Waals surface area contributed by atoms with Gasteiger partial charge in [-0.2, -0.15) is 0 Å². The Balaban J connectivity index is 1.60. The van der Waals surface area contributed by atoms with Gasteiger partial charge in [0.2, 0.25) is 5.90 Å². The fourth-order valence-corrected chi connectivity index (χ4v) is 2.63. The molecule has 0 bridgehead atoms. The first-order chi connectivity index (χ1) is 13.8. The summed E-state index contributed by atoms with van der Waals surface area (Å²) in [6, 6.07) is 12.4. The van der Waals surface area contributed by atoms with Crippen molar-refractivity contribution in [2.24, 2.45) is 5.16 Å². The van der Waals surface area contributed by atoms with E-state index >= 15 is 0 Å². The summed E-state index contributed by atoms with van der Waals surface area (Å²) in [5.41, 5.74) is 1.36. The van der Waals surface area contributed by atoms with E-state index in [1.54, 1.807) is 30.5 Å². The van der Waals surface area contributed by atoms with Crippen molar-refractivity contribution in [1.29, 1.82) is 0 Å². The first-order valence-electron chi connectivity index (χ1n) is 8.58. The molecule has 3 aromatic rings. The standard InChI is InChI=1S/C20H17F3N2O4/c1-13(14-4-6-15(7-5-14)29-20(21,22)23)11-19(25-26)28-16-8-9-17(24-12-16)18-3-2-10-27-18/h2-10,12-13,26H,11H2,1H3/b25-19+/t13-/m1/s1. The molecule has 152 valence electrons. The number of hydrogen-bond donors (Lipinski definition) is 1. The maximum Gasteiger partial charge on any atom is 0.573 e. The number of aromatic nitrogens is 1. The molecular formula is C20H17F3N2O4. The SMILES string of the molecule is C[C@H](C/C(=N\O)Oc1ccc(-c2ccco2)nc1)c1ccc(OC(F)(F)F)cc1. The molecule has 1 aromatic carbocycles. The molecule has 0 amide bonds. The number of ether oxygens (including phenoxy) is 2. The van der Waals surface area contributed by atoms with Crippen LogP contribution in [0.5, 0.6) is 11.5 Å². The van der Waals surface area contributed by atoms with E-state index in [1.165, 1.54) is 30.5 Å². The lowest BCUT2D eigenvalue weighted by Gasteiger charge is -2.14. The Hall–Kier alpha value is -3.49. The van der Waals surface area contributed by atoms with Crippen LogP contribution in [0.3, 0.4) is 0 Å². The molecule has 2 aromatic heterocycles. The fourth-order valence-electron chi connectivity index (χ4n) is 2.63. The summed E-state index contributed by atoms with van der Waals surface area (Å²) >= 11 is 0. The van der Waals surface area contributed by atoms with Gasteiger partial charge in [0.15, 0.2) is 5.76 Å². The van der Waals surface area contributed by atoms with Crippen molar-refractivity contribution in [3.8, 4) is 23.0 Å². The van der Waals surface area contributed by atoms with Crippen LogP contribution in [-0.2, 0) is 0 Å². The van der Waals surface area contributed by atoms with Crippen LogP contribution in [0.15, 0.2) is 70.6 Å². The largest absolute Gasteiger partial charge is 0.573 e. The van der Waals surface area contributed by atoms with Crippen LogP contribution in [0.4, 0.5) is 13.2 Å². The number of oxime groups is 1. The van der Waals surface area contributed by atoms with Gasteiger partial charge in [0.05, 0.1) is 12.5 Å². The molecule has 29 heavy (non-hydrogen) atoms. The van der Waals surface area contributed by atoms with Gasteiger partial charge in [0, 0.05) is 6.42 Å². The second-order valence-corrected chi connectivity index (χ2v) is 6.17. The van der Waals surface area contributed by atoms with E-state index in [9.17, 15) is 18.4 Å². The maximum atomic E-state index is 12.2. The van der Waals surface area contributed by atoms with Gasteiger partial charge in [0.25, 0.3) is 0 Å². The summed E-state index contributed by atoms with van der Waals surface area (Å²) in [4.78, 5) is 4.22. The third-order valence-electron chi connectivity index (χ3n) is 4.02. The van der Waals surface area contributed by atoms with Crippen LogP contribution in [0.1, 0.15) is 24.8 Å². The van der Waals surface area contributed by atoms with E-state index < -0.39 is 6.36 Å². The van der Waals surface area contributed by atoms with Crippen molar-refractivity contribution in [2.45, 2.75) is 25.6 Å². The summed E-state index contributed by atoms with van der Waals surface area (Å²) in [7, 11) is 0. The van der Waals surface area contributed by atoms with E-state index in [2.05, 4.69) is 14.9 Å². The average Bonchev–Trinajstić information content (AvgIpc) is 3.22. The van der Waals surface area contributed by atoms with Crippen LogP contribution < -0.4 is 9.47 Å². The maximum absolute atomic E-state index is 12.2. The molecule has 1 atom stereocenters. The first-order valence-corrected chi connectivity index (χ1v) is 8.58. The monoisotopic (exact) mass is 406 g/mol. The third-order valence-corrected chi connectivity index (χ3v) is 4.02. The number of halogens is 3. The van der Waals surface area contributed by atoms with Gasteiger partial charge in [-0.15, -0.1) is 13.2 Å². The normalized spacial score (nSPS) is 13.2. The van der Waals surface area contributed by atoms with Gasteiger partial charge in [-0.3, -0.25) is 0 Å². The molecule has 3 rings (SSSR count). The lowest BCUT2D eigenvalue weighted by Crippen LogP contribution is -2.17. The van der Waals surface area contributed by atoms with Crippen molar-refractivity contribution < 1.29 is 32.3 Å². The van der Waals surface area contributed by atoms with Gasteiger partial charge < -0.3 is 19.1 Å². The van der Waals surface area contributed by atoms with Gasteiger partial charge in [-0.05, 0) is 47.9 Å². The van der Waals surface area contributed by atoms with Crippen molar-refractivity contribution >= 4 is 5.90 Å². The Kier molecular flexibility index (Phi) is 6.06. The van der Waals surface area contributed by atoms with Crippen LogP contribution in [-0.4, -0.2) is 22.5 Å². The first kappa shape index (κ1) is 20.2. The molecule has 0 saturated heterocycles. The number of alkyl halides is 3. The lowest BCUT2D eigenvalue weighted by atomic mass is 9.98.